The standard InChI is InChI=1S/C11H16ClN5O4/c1-3-21-10(19)9-7(6-12)17(16-15-9)5-4-8(18)14-11(20)13-2/h3-6H2,1-2H3,(H2,13,14,18,20). The first-order chi connectivity index (χ1) is 10.0. The Labute approximate surface area is 126 Å². The highest BCUT2D eigenvalue weighted by molar-refractivity contribution is 6.17. The van der Waals surface area contributed by atoms with Crippen molar-refractivity contribution in [2.45, 2.75) is 25.8 Å². The summed E-state index contributed by atoms with van der Waals surface area (Å²) in [5.74, 6) is -1.10. The fraction of sp³-hybridized carbons (Fsp3) is 0.545. The number of hydrogen-bond acceptors (Lipinski definition) is 6. The maximum absolute atomic E-state index is 11.6. The van der Waals surface area contributed by atoms with Crippen molar-refractivity contribution in [2.75, 3.05) is 13.7 Å². The monoisotopic (exact) mass is 317 g/mol. The van der Waals surface area contributed by atoms with Crippen molar-refractivity contribution in [1.82, 2.24) is 25.6 Å². The molecule has 0 aliphatic carbocycles. The summed E-state index contributed by atoms with van der Waals surface area (Å²) in [4.78, 5) is 34.1. The van der Waals surface area contributed by atoms with E-state index in [0.717, 1.165) is 0 Å². The molecule has 10 heteroatoms. The van der Waals surface area contributed by atoms with E-state index in [1.54, 1.807) is 6.92 Å². The van der Waals surface area contributed by atoms with E-state index in [9.17, 15) is 14.4 Å². The molecule has 21 heavy (non-hydrogen) atoms. The van der Waals surface area contributed by atoms with Crippen LogP contribution in [0.3, 0.4) is 0 Å². The summed E-state index contributed by atoms with van der Waals surface area (Å²) in [6.45, 7) is 2.02. The van der Waals surface area contributed by atoms with Gasteiger partial charge >= 0.3 is 12.0 Å². The van der Waals surface area contributed by atoms with Crippen LogP contribution >= 0.6 is 11.6 Å². The summed E-state index contributed by atoms with van der Waals surface area (Å²) in [5.41, 5.74) is 0.390. The Morgan fingerprint density at radius 1 is 1.38 bits per heavy atom. The van der Waals surface area contributed by atoms with Crippen LogP contribution in [0, 0.1) is 0 Å². The first-order valence-corrected chi connectivity index (χ1v) is 6.73. The van der Waals surface area contributed by atoms with Crippen molar-refractivity contribution < 1.29 is 19.1 Å². The van der Waals surface area contributed by atoms with Crippen molar-refractivity contribution in [2.24, 2.45) is 0 Å². The Balaban J connectivity index is 2.70. The zero-order valence-electron chi connectivity index (χ0n) is 11.7. The van der Waals surface area contributed by atoms with Gasteiger partial charge in [0.05, 0.1) is 24.7 Å². The van der Waals surface area contributed by atoms with Crippen LogP contribution in [-0.2, 0) is 22.0 Å². The van der Waals surface area contributed by atoms with Crippen molar-refractivity contribution in [1.29, 1.82) is 0 Å². The van der Waals surface area contributed by atoms with Crippen LogP contribution in [0.2, 0.25) is 0 Å². The fourth-order valence-corrected chi connectivity index (χ4v) is 1.73. The van der Waals surface area contributed by atoms with Crippen LogP contribution in [0.4, 0.5) is 4.79 Å². The van der Waals surface area contributed by atoms with Crippen LogP contribution in [-0.4, -0.2) is 46.6 Å². The Morgan fingerprint density at radius 2 is 2.10 bits per heavy atom. The lowest BCUT2D eigenvalue weighted by Crippen LogP contribution is -2.37. The average molecular weight is 318 g/mol. The van der Waals surface area contributed by atoms with Crippen LogP contribution < -0.4 is 10.6 Å². The molecule has 116 valence electrons. The van der Waals surface area contributed by atoms with Gasteiger partial charge in [0, 0.05) is 13.5 Å². The van der Waals surface area contributed by atoms with E-state index in [4.69, 9.17) is 16.3 Å². The van der Waals surface area contributed by atoms with E-state index < -0.39 is 17.9 Å². The highest BCUT2D eigenvalue weighted by atomic mass is 35.5. The summed E-state index contributed by atoms with van der Waals surface area (Å²) in [5, 5.41) is 11.8. The van der Waals surface area contributed by atoms with E-state index in [1.165, 1.54) is 11.7 Å². The minimum absolute atomic E-state index is 0.00177. The molecule has 0 fully saturated rings. The minimum Gasteiger partial charge on any atom is -0.461 e. The second-order valence-corrected chi connectivity index (χ2v) is 4.11. The molecular weight excluding hydrogens is 302 g/mol. The smallest absolute Gasteiger partial charge is 0.360 e. The number of carbonyl (C=O) groups is 3. The molecule has 0 spiro atoms. The number of halogens is 1. The zero-order chi connectivity index (χ0) is 15.8. The third-order valence-corrected chi connectivity index (χ3v) is 2.72. The first-order valence-electron chi connectivity index (χ1n) is 6.20. The van der Waals surface area contributed by atoms with Gasteiger partial charge in [0.2, 0.25) is 5.91 Å². The number of carbonyl (C=O) groups excluding carboxylic acids is 3. The molecule has 0 aliphatic rings. The molecule has 2 N–H and O–H groups in total. The van der Waals surface area contributed by atoms with Crippen LogP contribution in [0.1, 0.15) is 29.5 Å². The molecule has 0 atom stereocenters. The number of esters is 1. The predicted octanol–water partition coefficient (Wildman–Crippen LogP) is 0.0393. The van der Waals surface area contributed by atoms with E-state index in [0.29, 0.717) is 5.69 Å². The summed E-state index contributed by atoms with van der Waals surface area (Å²) < 4.78 is 6.17. The quantitative estimate of drug-likeness (QED) is 0.565. The largest absolute Gasteiger partial charge is 0.461 e. The first kappa shape index (κ1) is 16.9. The van der Waals surface area contributed by atoms with Crippen LogP contribution in [0.25, 0.3) is 0 Å². The van der Waals surface area contributed by atoms with E-state index in [2.05, 4.69) is 20.9 Å². The van der Waals surface area contributed by atoms with Gasteiger partial charge < -0.3 is 10.1 Å². The number of aryl methyl sites for hydroxylation is 1. The van der Waals surface area contributed by atoms with Crippen LogP contribution in [0.5, 0.6) is 0 Å². The van der Waals surface area contributed by atoms with Crippen molar-refractivity contribution >= 4 is 29.5 Å². The third kappa shape index (κ3) is 4.71. The van der Waals surface area contributed by atoms with Crippen molar-refractivity contribution in [3.8, 4) is 0 Å². The van der Waals surface area contributed by atoms with Gasteiger partial charge in [-0.1, -0.05) is 5.21 Å². The van der Waals surface area contributed by atoms with Gasteiger partial charge in [-0.2, -0.15) is 0 Å². The van der Waals surface area contributed by atoms with Gasteiger partial charge in [0.15, 0.2) is 5.69 Å². The number of urea groups is 1. The number of amides is 3. The minimum atomic E-state index is -0.616. The van der Waals surface area contributed by atoms with Gasteiger partial charge in [0.25, 0.3) is 0 Å². The molecule has 0 aliphatic heterocycles. The van der Waals surface area contributed by atoms with Gasteiger partial charge in [-0.05, 0) is 6.92 Å². The number of imide groups is 1. The SMILES string of the molecule is CCOC(=O)c1nnn(CCC(=O)NC(=O)NC)c1CCl. The Bertz CT molecular complexity index is 531. The summed E-state index contributed by atoms with van der Waals surface area (Å²) in [6.07, 6.45) is -0.0110. The summed E-state index contributed by atoms with van der Waals surface area (Å²) >= 11 is 5.77. The summed E-state index contributed by atoms with van der Waals surface area (Å²) in [7, 11) is 1.40. The molecule has 1 rings (SSSR count). The fourth-order valence-electron chi connectivity index (χ4n) is 1.46. The lowest BCUT2D eigenvalue weighted by Gasteiger charge is -2.06. The van der Waals surface area contributed by atoms with E-state index in [-0.39, 0.29) is 31.1 Å². The number of alkyl halides is 1. The topological polar surface area (TPSA) is 115 Å². The number of nitrogens with one attached hydrogen (secondary N) is 2. The molecule has 1 aromatic rings. The predicted molar refractivity (Wildman–Crippen MR) is 72.8 cm³/mol. The van der Waals surface area contributed by atoms with Gasteiger partial charge in [0.1, 0.15) is 0 Å². The molecule has 1 aromatic heterocycles. The van der Waals surface area contributed by atoms with Gasteiger partial charge in [-0.3, -0.25) is 10.1 Å². The maximum atomic E-state index is 11.6. The third-order valence-electron chi connectivity index (χ3n) is 2.46. The Hall–Kier alpha value is -2.16. The molecule has 0 saturated carbocycles. The maximum Gasteiger partial charge on any atom is 0.360 e. The van der Waals surface area contributed by atoms with Gasteiger partial charge in [-0.25, -0.2) is 14.3 Å². The van der Waals surface area contributed by atoms with E-state index in [1.807, 2.05) is 0 Å². The zero-order valence-corrected chi connectivity index (χ0v) is 12.4. The number of hydrogen-bond donors (Lipinski definition) is 2. The number of aromatic nitrogens is 3. The lowest BCUT2D eigenvalue weighted by molar-refractivity contribution is -0.120. The second kappa shape index (κ2) is 8.20. The molecule has 9 nitrogen and oxygen atoms in total. The van der Waals surface area contributed by atoms with Crippen LogP contribution in [0.15, 0.2) is 0 Å². The molecular formula is C11H16ClN5O4. The highest BCUT2D eigenvalue weighted by Crippen LogP contribution is 2.11. The molecule has 3 amide bonds. The Morgan fingerprint density at radius 3 is 2.67 bits per heavy atom. The lowest BCUT2D eigenvalue weighted by atomic mass is 10.3. The van der Waals surface area contributed by atoms with Gasteiger partial charge in [-0.15, -0.1) is 16.7 Å². The van der Waals surface area contributed by atoms with Crippen molar-refractivity contribution in [3.05, 3.63) is 11.4 Å². The number of rotatable bonds is 6. The van der Waals surface area contributed by atoms with Crippen molar-refractivity contribution in [3.63, 3.8) is 0 Å². The number of ether oxygens (including phenoxy) is 1. The number of nitrogens with zero attached hydrogens (tertiary/aromatic N) is 3. The molecule has 0 bridgehead atoms. The molecule has 0 saturated heterocycles. The molecule has 1 heterocycles. The normalized spacial score (nSPS) is 10.0. The Kier molecular flexibility index (Phi) is 6.60. The molecule has 0 aromatic carbocycles. The second-order valence-electron chi connectivity index (χ2n) is 3.84. The summed E-state index contributed by atoms with van der Waals surface area (Å²) in [6, 6.07) is -0.594. The molecule has 0 unspecified atom stereocenters. The van der Waals surface area contributed by atoms with E-state index >= 15 is 0 Å². The molecule has 0 radical (unpaired) electrons. The average Bonchev–Trinajstić information content (AvgIpc) is 2.88. The highest BCUT2D eigenvalue weighted by Gasteiger charge is 2.20.